The van der Waals surface area contributed by atoms with E-state index in [2.05, 4.69) is 25.5 Å². The summed E-state index contributed by atoms with van der Waals surface area (Å²) in [6.07, 6.45) is 4.87. The zero-order valence-electron chi connectivity index (χ0n) is 21.2. The molecule has 2 unspecified atom stereocenters. The second-order valence-corrected chi connectivity index (χ2v) is 12.2. The lowest BCUT2D eigenvalue weighted by atomic mass is 9.93. The van der Waals surface area contributed by atoms with Crippen molar-refractivity contribution in [3.63, 3.8) is 0 Å². The summed E-state index contributed by atoms with van der Waals surface area (Å²) in [5, 5.41) is 17.0. The van der Waals surface area contributed by atoms with Crippen molar-refractivity contribution in [2.24, 2.45) is 0 Å². The third-order valence-electron chi connectivity index (χ3n) is 8.22. The van der Waals surface area contributed by atoms with Crippen LogP contribution in [0.1, 0.15) is 48.3 Å². The van der Waals surface area contributed by atoms with Gasteiger partial charge in [-0.1, -0.05) is 17.7 Å². The van der Waals surface area contributed by atoms with Crippen molar-refractivity contribution in [2.45, 2.75) is 50.2 Å². The van der Waals surface area contributed by atoms with Crippen LogP contribution in [-0.4, -0.2) is 47.1 Å². The maximum atomic E-state index is 16.6. The predicted molar refractivity (Wildman–Crippen MR) is 152 cm³/mol. The molecule has 2 aliphatic heterocycles. The quantitative estimate of drug-likeness (QED) is 0.307. The molecule has 2 bridgehead atoms. The van der Waals surface area contributed by atoms with Crippen LogP contribution in [0.5, 0.6) is 0 Å². The van der Waals surface area contributed by atoms with Crippen LogP contribution in [0.3, 0.4) is 0 Å². The Morgan fingerprint density at radius 1 is 1.20 bits per heavy atom. The molecule has 2 atom stereocenters. The summed E-state index contributed by atoms with van der Waals surface area (Å²) in [5.41, 5.74) is 6.20. The molecular weight excluding hydrogens is 556 g/mol. The van der Waals surface area contributed by atoms with Gasteiger partial charge in [-0.25, -0.2) is 18.7 Å². The number of aromatic nitrogens is 2. The maximum absolute atomic E-state index is 16.6. The Kier molecular flexibility index (Phi) is 6.03. The van der Waals surface area contributed by atoms with E-state index in [0.29, 0.717) is 24.3 Å². The molecule has 2 saturated heterocycles. The number of thiophene rings is 1. The molecule has 7 rings (SSSR count). The summed E-state index contributed by atoms with van der Waals surface area (Å²) in [5.74, 6) is -1.46. The van der Waals surface area contributed by atoms with Crippen LogP contribution in [0, 0.1) is 23.0 Å². The smallest absolute Gasteiger partial charge is 0.289 e. The van der Waals surface area contributed by atoms with E-state index in [-0.39, 0.29) is 66.3 Å². The minimum atomic E-state index is -0.775. The van der Waals surface area contributed by atoms with Gasteiger partial charge in [0, 0.05) is 47.6 Å². The minimum absolute atomic E-state index is 0.0381. The van der Waals surface area contributed by atoms with Gasteiger partial charge in [0.25, 0.3) is 5.91 Å². The zero-order valence-corrected chi connectivity index (χ0v) is 22.8. The van der Waals surface area contributed by atoms with Crippen molar-refractivity contribution >= 4 is 60.7 Å². The second-order valence-electron chi connectivity index (χ2n) is 10.7. The Morgan fingerprint density at radius 2 is 1.95 bits per heavy atom. The van der Waals surface area contributed by atoms with Gasteiger partial charge in [-0.3, -0.25) is 4.79 Å². The molecule has 4 N–H and O–H groups in total. The van der Waals surface area contributed by atoms with Gasteiger partial charge in [0.05, 0.1) is 15.3 Å². The van der Waals surface area contributed by atoms with E-state index in [1.54, 1.807) is 6.07 Å². The SMILES string of the molecule is N#Cc1c(N)sc2c(F)ccc(-c3c(Cl)cc4c(N5CC6CCC(C5)N6)nc(C(=O)NC5CCC5)nc4c3F)c12. The van der Waals surface area contributed by atoms with Gasteiger partial charge >= 0.3 is 0 Å². The molecule has 4 aromatic rings. The lowest BCUT2D eigenvalue weighted by molar-refractivity contribution is 0.0906. The standard InChI is InChI=1S/C28H24ClF2N7OS/c29-18-8-16-23(22(31)21(18)15-6-7-19(30)24-20(15)17(9-32)25(33)40-24)36-26(28(39)35-12-2-1-3-12)37-27(16)38-10-13-4-5-14(11-38)34-13/h6-8,12-14,34H,1-5,10-11,33H2,(H,35,39). The van der Waals surface area contributed by atoms with E-state index in [1.165, 1.54) is 12.1 Å². The number of hydrogen-bond acceptors (Lipinski definition) is 8. The highest BCUT2D eigenvalue weighted by molar-refractivity contribution is 7.23. The van der Waals surface area contributed by atoms with Crippen molar-refractivity contribution in [1.82, 2.24) is 20.6 Å². The molecule has 1 saturated carbocycles. The van der Waals surface area contributed by atoms with E-state index in [4.69, 9.17) is 17.3 Å². The van der Waals surface area contributed by atoms with Gasteiger partial charge < -0.3 is 21.3 Å². The number of anilines is 2. The van der Waals surface area contributed by atoms with Crippen LogP contribution in [0.15, 0.2) is 18.2 Å². The molecule has 1 amide bonds. The lowest BCUT2D eigenvalue weighted by Gasteiger charge is -2.34. The van der Waals surface area contributed by atoms with Gasteiger partial charge in [-0.05, 0) is 49.8 Å². The highest BCUT2D eigenvalue weighted by Gasteiger charge is 2.35. The molecule has 3 fully saturated rings. The van der Waals surface area contributed by atoms with Crippen LogP contribution in [0.25, 0.3) is 32.1 Å². The highest BCUT2D eigenvalue weighted by atomic mass is 35.5. The number of halogens is 3. The van der Waals surface area contributed by atoms with Crippen LogP contribution >= 0.6 is 22.9 Å². The summed E-state index contributed by atoms with van der Waals surface area (Å²) >= 11 is 7.68. The molecule has 3 aliphatic rings. The summed E-state index contributed by atoms with van der Waals surface area (Å²) in [6.45, 7) is 1.32. The molecule has 40 heavy (non-hydrogen) atoms. The molecular formula is C28H24ClF2N7OS. The third kappa shape index (κ3) is 3.97. The van der Waals surface area contributed by atoms with Crippen LogP contribution < -0.4 is 21.3 Å². The number of amides is 1. The van der Waals surface area contributed by atoms with Crippen LogP contribution in [0.2, 0.25) is 5.02 Å². The number of nitrogens with one attached hydrogen (secondary N) is 2. The van der Waals surface area contributed by atoms with E-state index in [9.17, 15) is 14.4 Å². The van der Waals surface area contributed by atoms with Crippen molar-refractivity contribution in [1.29, 1.82) is 5.26 Å². The molecule has 0 spiro atoms. The monoisotopic (exact) mass is 579 g/mol. The number of rotatable bonds is 4. The molecule has 0 radical (unpaired) electrons. The summed E-state index contributed by atoms with van der Waals surface area (Å²) in [6, 6.07) is 6.80. The second kappa shape index (κ2) is 9.51. The van der Waals surface area contributed by atoms with Crippen LogP contribution in [-0.2, 0) is 0 Å². The van der Waals surface area contributed by atoms with Crippen molar-refractivity contribution in [3.05, 3.63) is 46.2 Å². The van der Waals surface area contributed by atoms with Gasteiger partial charge in [0.2, 0.25) is 5.82 Å². The molecule has 4 heterocycles. The van der Waals surface area contributed by atoms with Crippen molar-refractivity contribution in [3.8, 4) is 17.2 Å². The van der Waals surface area contributed by atoms with Crippen LogP contribution in [0.4, 0.5) is 19.6 Å². The molecule has 8 nitrogen and oxygen atoms in total. The normalized spacial score (nSPS) is 20.6. The number of hydrogen-bond donors (Lipinski definition) is 3. The number of carbonyl (C=O) groups excluding carboxylic acids is 1. The topological polar surface area (TPSA) is 120 Å². The highest BCUT2D eigenvalue weighted by Crippen LogP contribution is 2.45. The fourth-order valence-electron chi connectivity index (χ4n) is 6.05. The molecule has 204 valence electrons. The minimum Gasteiger partial charge on any atom is -0.389 e. The Hall–Kier alpha value is -3.59. The Bertz CT molecular complexity index is 1750. The number of nitrogen functional groups attached to an aromatic ring is 1. The lowest BCUT2D eigenvalue weighted by Crippen LogP contribution is -2.51. The first-order valence-electron chi connectivity index (χ1n) is 13.2. The first-order chi connectivity index (χ1) is 19.3. The average Bonchev–Trinajstić information content (AvgIpc) is 3.44. The Morgan fingerprint density at radius 3 is 2.62 bits per heavy atom. The van der Waals surface area contributed by atoms with Crippen molar-refractivity contribution in [2.75, 3.05) is 23.7 Å². The number of fused-ring (bicyclic) bond motifs is 4. The zero-order chi connectivity index (χ0) is 27.7. The predicted octanol–water partition coefficient (Wildman–Crippen LogP) is 5.12. The number of nitrogens with zero attached hydrogens (tertiary/aromatic N) is 4. The van der Waals surface area contributed by atoms with Gasteiger partial charge in [-0.15, -0.1) is 11.3 Å². The largest absolute Gasteiger partial charge is 0.389 e. The number of nitriles is 1. The summed E-state index contributed by atoms with van der Waals surface area (Å²) < 4.78 is 31.5. The van der Waals surface area contributed by atoms with Gasteiger partial charge in [-0.2, -0.15) is 5.26 Å². The molecule has 2 aromatic heterocycles. The summed E-state index contributed by atoms with van der Waals surface area (Å²) in [4.78, 5) is 24.3. The average molecular weight is 580 g/mol. The number of carbonyl (C=O) groups is 1. The Labute approximate surface area is 237 Å². The van der Waals surface area contributed by atoms with E-state index >= 15 is 4.39 Å². The van der Waals surface area contributed by atoms with Gasteiger partial charge in [0.1, 0.15) is 28.2 Å². The molecule has 1 aliphatic carbocycles. The fourth-order valence-corrected chi connectivity index (χ4v) is 7.29. The first-order valence-corrected chi connectivity index (χ1v) is 14.4. The van der Waals surface area contributed by atoms with E-state index in [0.717, 1.165) is 43.4 Å². The number of piperazine rings is 1. The third-order valence-corrected chi connectivity index (χ3v) is 9.55. The van der Waals surface area contributed by atoms with E-state index < -0.39 is 17.5 Å². The molecule has 2 aromatic carbocycles. The molecule has 12 heteroatoms. The van der Waals surface area contributed by atoms with E-state index in [1.807, 2.05) is 6.07 Å². The fraction of sp³-hybridized carbons (Fsp3) is 0.357. The van der Waals surface area contributed by atoms with Gasteiger partial charge in [0.15, 0.2) is 5.82 Å². The summed E-state index contributed by atoms with van der Waals surface area (Å²) in [7, 11) is 0. The first kappa shape index (κ1) is 25.4. The maximum Gasteiger partial charge on any atom is 0.289 e. The number of benzene rings is 2. The van der Waals surface area contributed by atoms with Crippen molar-refractivity contribution < 1.29 is 13.6 Å². The Balaban J connectivity index is 1.46. The number of nitrogens with two attached hydrogens (primary N) is 1.